The number of aromatic nitrogens is 2. The maximum absolute atomic E-state index is 12.7. The van der Waals surface area contributed by atoms with E-state index in [2.05, 4.69) is 30.7 Å². The summed E-state index contributed by atoms with van der Waals surface area (Å²) in [5.74, 6) is 0.138. The lowest BCUT2D eigenvalue weighted by molar-refractivity contribution is -0.142. The Labute approximate surface area is 192 Å². The van der Waals surface area contributed by atoms with Gasteiger partial charge in [-0.25, -0.2) is 9.97 Å². The van der Waals surface area contributed by atoms with Crippen LogP contribution in [0.4, 0.5) is 0 Å². The van der Waals surface area contributed by atoms with E-state index in [4.69, 9.17) is 16.3 Å². The molecule has 0 radical (unpaired) electrons. The van der Waals surface area contributed by atoms with E-state index in [0.717, 1.165) is 42.9 Å². The first-order valence-electron chi connectivity index (χ1n) is 10.7. The molecule has 31 heavy (non-hydrogen) atoms. The number of alkyl halides is 1. The van der Waals surface area contributed by atoms with Gasteiger partial charge in [-0.05, 0) is 19.9 Å². The van der Waals surface area contributed by atoms with Gasteiger partial charge in [0.05, 0.1) is 28.5 Å². The average molecular weight is 467 g/mol. The minimum absolute atomic E-state index is 0.110. The van der Waals surface area contributed by atoms with Crippen molar-refractivity contribution in [2.45, 2.75) is 31.1 Å². The predicted octanol–water partition coefficient (Wildman–Crippen LogP) is 2.07. The van der Waals surface area contributed by atoms with Crippen molar-refractivity contribution in [2.24, 2.45) is 0 Å². The van der Waals surface area contributed by atoms with Crippen LogP contribution < -0.4 is 0 Å². The largest absolute Gasteiger partial charge is 0.360 e. The number of hydrogen-bond donors (Lipinski definition) is 0. The highest BCUT2D eigenvalue weighted by molar-refractivity contribution is 7.19. The summed E-state index contributed by atoms with van der Waals surface area (Å²) in [4.78, 5) is 31.4. The number of likely N-dealkylation sites (N-methyl/N-ethyl adjacent to an activating group) is 1. The van der Waals surface area contributed by atoms with E-state index in [0.29, 0.717) is 13.2 Å². The first kappa shape index (κ1) is 22.8. The SMILES string of the molecule is CN(C)C(=O)C(C)(C)N1CCN(C(c2cc3ncncc3s2)N2CCOC(Cl)C2)CC1. The lowest BCUT2D eigenvalue weighted by Crippen LogP contribution is -2.61. The molecule has 2 atom stereocenters. The molecule has 0 saturated carbocycles. The summed E-state index contributed by atoms with van der Waals surface area (Å²) in [7, 11) is 3.64. The number of rotatable bonds is 5. The standard InChI is InChI=1S/C21H31ClN6O2S/c1-21(2,20(29)25(3)4)28-7-5-26(6-8-28)19(27-9-10-30-18(22)13-27)16-11-15-17(31-16)12-23-14-24-15/h11-12,14,18-19H,5-10,13H2,1-4H3. The Morgan fingerprint density at radius 1 is 1.26 bits per heavy atom. The summed E-state index contributed by atoms with van der Waals surface area (Å²) in [6.45, 7) is 9.60. The van der Waals surface area contributed by atoms with Gasteiger partial charge in [0.15, 0.2) is 0 Å². The van der Waals surface area contributed by atoms with Gasteiger partial charge in [-0.3, -0.25) is 19.5 Å². The molecule has 0 aromatic carbocycles. The van der Waals surface area contributed by atoms with Crippen LogP contribution >= 0.6 is 22.9 Å². The molecule has 2 aliphatic heterocycles. The van der Waals surface area contributed by atoms with Gasteiger partial charge in [0, 0.05) is 64.4 Å². The Bertz CT molecular complexity index is 881. The van der Waals surface area contributed by atoms with Crippen LogP contribution in [-0.2, 0) is 9.53 Å². The first-order chi connectivity index (χ1) is 14.8. The van der Waals surface area contributed by atoms with Crippen LogP contribution in [0.3, 0.4) is 0 Å². The van der Waals surface area contributed by atoms with Crippen LogP contribution in [0.15, 0.2) is 18.6 Å². The highest BCUT2D eigenvalue weighted by Crippen LogP contribution is 2.36. The van der Waals surface area contributed by atoms with Crippen molar-refractivity contribution in [3.63, 3.8) is 0 Å². The van der Waals surface area contributed by atoms with Crippen molar-refractivity contribution in [3.05, 3.63) is 23.5 Å². The van der Waals surface area contributed by atoms with Crippen molar-refractivity contribution in [1.82, 2.24) is 29.6 Å². The number of morpholine rings is 1. The molecule has 0 N–H and O–H groups in total. The van der Waals surface area contributed by atoms with Gasteiger partial charge in [-0.15, -0.1) is 11.3 Å². The summed E-state index contributed by atoms with van der Waals surface area (Å²) in [6, 6.07) is 2.18. The molecule has 170 valence electrons. The fourth-order valence-corrected chi connectivity index (χ4v) is 6.00. The molecule has 2 saturated heterocycles. The second-order valence-electron chi connectivity index (χ2n) is 8.85. The Kier molecular flexibility index (Phi) is 6.81. The Morgan fingerprint density at radius 3 is 2.65 bits per heavy atom. The quantitative estimate of drug-likeness (QED) is 0.625. The third-order valence-corrected chi connectivity index (χ3v) is 7.61. The molecular weight excluding hydrogens is 436 g/mol. The Morgan fingerprint density at radius 2 is 2.00 bits per heavy atom. The molecule has 4 rings (SSSR count). The highest BCUT2D eigenvalue weighted by Gasteiger charge is 2.40. The van der Waals surface area contributed by atoms with E-state index in [1.165, 1.54) is 4.88 Å². The van der Waals surface area contributed by atoms with E-state index in [1.807, 2.05) is 34.1 Å². The summed E-state index contributed by atoms with van der Waals surface area (Å²) in [5.41, 5.74) is 0.161. The molecule has 10 heteroatoms. The fraction of sp³-hybridized carbons (Fsp3) is 0.667. The fourth-order valence-electron chi connectivity index (χ4n) is 4.58. The van der Waals surface area contributed by atoms with Crippen molar-refractivity contribution in [1.29, 1.82) is 0 Å². The molecule has 1 amide bonds. The number of ether oxygens (including phenoxy) is 1. The van der Waals surface area contributed by atoms with E-state index < -0.39 is 5.54 Å². The maximum Gasteiger partial charge on any atom is 0.242 e. The minimum Gasteiger partial charge on any atom is -0.360 e. The zero-order chi connectivity index (χ0) is 22.2. The molecule has 2 aromatic heterocycles. The molecule has 2 unspecified atom stereocenters. The summed E-state index contributed by atoms with van der Waals surface area (Å²) in [6.07, 6.45) is 3.59. The summed E-state index contributed by atoms with van der Waals surface area (Å²) in [5, 5.41) is 0. The van der Waals surface area contributed by atoms with Gasteiger partial charge in [0.2, 0.25) is 5.91 Å². The van der Waals surface area contributed by atoms with Crippen molar-refractivity contribution in [2.75, 3.05) is 60.0 Å². The van der Waals surface area contributed by atoms with Crippen molar-refractivity contribution < 1.29 is 9.53 Å². The zero-order valence-corrected chi connectivity index (χ0v) is 20.2. The Balaban J connectivity index is 1.56. The summed E-state index contributed by atoms with van der Waals surface area (Å²) >= 11 is 8.10. The molecular formula is C21H31ClN6O2S. The molecule has 0 aliphatic carbocycles. The van der Waals surface area contributed by atoms with Crippen molar-refractivity contribution >= 4 is 39.1 Å². The van der Waals surface area contributed by atoms with Gasteiger partial charge >= 0.3 is 0 Å². The number of hydrogen-bond acceptors (Lipinski definition) is 8. The number of carbonyl (C=O) groups is 1. The number of halogens is 1. The monoisotopic (exact) mass is 466 g/mol. The molecule has 8 nitrogen and oxygen atoms in total. The minimum atomic E-state index is -0.515. The molecule has 0 spiro atoms. The molecule has 2 fully saturated rings. The normalized spacial score (nSPS) is 23.2. The first-order valence-corrected chi connectivity index (χ1v) is 11.9. The van der Waals surface area contributed by atoms with E-state index >= 15 is 0 Å². The predicted molar refractivity (Wildman–Crippen MR) is 123 cm³/mol. The maximum atomic E-state index is 12.7. The highest BCUT2D eigenvalue weighted by atomic mass is 35.5. The van der Waals surface area contributed by atoms with Crippen LogP contribution in [0.1, 0.15) is 24.9 Å². The molecule has 2 aromatic rings. The van der Waals surface area contributed by atoms with Gasteiger partial charge in [-0.1, -0.05) is 11.6 Å². The smallest absolute Gasteiger partial charge is 0.242 e. The Hall–Kier alpha value is -1.36. The average Bonchev–Trinajstić information content (AvgIpc) is 3.17. The van der Waals surface area contributed by atoms with Crippen LogP contribution in [-0.4, -0.2) is 107 Å². The number of amides is 1. The van der Waals surface area contributed by atoms with Crippen LogP contribution in [0.25, 0.3) is 10.2 Å². The molecule has 4 heterocycles. The molecule has 0 bridgehead atoms. The van der Waals surface area contributed by atoms with Gasteiger partial charge < -0.3 is 9.64 Å². The second-order valence-corrected chi connectivity index (χ2v) is 10.5. The third kappa shape index (κ3) is 4.72. The van der Waals surface area contributed by atoms with E-state index in [1.54, 1.807) is 22.6 Å². The van der Waals surface area contributed by atoms with Gasteiger partial charge in [-0.2, -0.15) is 0 Å². The van der Waals surface area contributed by atoms with E-state index in [-0.39, 0.29) is 17.6 Å². The zero-order valence-electron chi connectivity index (χ0n) is 18.6. The number of piperazine rings is 1. The van der Waals surface area contributed by atoms with Crippen molar-refractivity contribution in [3.8, 4) is 0 Å². The van der Waals surface area contributed by atoms with Gasteiger partial charge in [0.1, 0.15) is 11.9 Å². The lowest BCUT2D eigenvalue weighted by Gasteiger charge is -2.48. The topological polar surface area (TPSA) is 65.0 Å². The van der Waals surface area contributed by atoms with Crippen LogP contribution in [0.2, 0.25) is 0 Å². The van der Waals surface area contributed by atoms with E-state index in [9.17, 15) is 4.79 Å². The third-order valence-electron chi connectivity index (χ3n) is 6.25. The number of nitrogens with zero attached hydrogens (tertiary/aromatic N) is 6. The van der Waals surface area contributed by atoms with Gasteiger partial charge in [0.25, 0.3) is 0 Å². The second kappa shape index (κ2) is 9.25. The number of fused-ring (bicyclic) bond motifs is 1. The van der Waals surface area contributed by atoms with Crippen LogP contribution in [0, 0.1) is 0 Å². The lowest BCUT2D eigenvalue weighted by atomic mass is 9.99. The molecule has 2 aliphatic rings. The number of carbonyl (C=O) groups excluding carboxylic acids is 1. The van der Waals surface area contributed by atoms with Crippen LogP contribution in [0.5, 0.6) is 0 Å². The number of thiophene rings is 1. The summed E-state index contributed by atoms with van der Waals surface area (Å²) < 4.78 is 6.68.